The molecule has 7 heteroatoms. The summed E-state index contributed by atoms with van der Waals surface area (Å²) < 4.78 is 40.4. The molecule has 0 unspecified atom stereocenters. The smallest absolute Gasteiger partial charge is 0.244 e. The Kier molecular flexibility index (Phi) is 5.76. The van der Waals surface area contributed by atoms with Crippen molar-refractivity contribution in [2.75, 3.05) is 26.2 Å². The first-order chi connectivity index (χ1) is 9.95. The van der Waals surface area contributed by atoms with E-state index in [1.54, 1.807) is 0 Å². The first-order valence-electron chi connectivity index (χ1n) is 7.11. The Morgan fingerprint density at radius 2 is 2.05 bits per heavy atom. The molecule has 1 aromatic carbocycles. The minimum absolute atomic E-state index is 0.125. The van der Waals surface area contributed by atoms with E-state index in [4.69, 9.17) is 0 Å². The third kappa shape index (κ3) is 4.03. The fourth-order valence-electron chi connectivity index (χ4n) is 2.57. The highest BCUT2D eigenvalue weighted by Crippen LogP contribution is 2.27. The summed E-state index contributed by atoms with van der Waals surface area (Å²) in [4.78, 5) is 0.125. The van der Waals surface area contributed by atoms with Crippen LogP contribution in [0.25, 0.3) is 0 Å². The Balaban J connectivity index is 2.22. The van der Waals surface area contributed by atoms with Gasteiger partial charge in [-0.05, 0) is 66.0 Å². The van der Waals surface area contributed by atoms with Crippen molar-refractivity contribution in [2.24, 2.45) is 5.92 Å². The Labute approximate surface area is 133 Å². The average molecular weight is 379 g/mol. The molecule has 1 saturated heterocycles. The molecule has 4 nitrogen and oxygen atoms in total. The van der Waals surface area contributed by atoms with Gasteiger partial charge in [0.05, 0.1) is 4.90 Å². The Bertz CT molecular complexity index is 589. The summed E-state index contributed by atoms with van der Waals surface area (Å²) in [5, 5.41) is 3.27. The van der Waals surface area contributed by atoms with Crippen LogP contribution in [0.2, 0.25) is 0 Å². The highest BCUT2D eigenvalue weighted by atomic mass is 79.9. The van der Waals surface area contributed by atoms with Gasteiger partial charge in [-0.15, -0.1) is 0 Å². The van der Waals surface area contributed by atoms with Crippen molar-refractivity contribution < 1.29 is 12.8 Å². The molecule has 118 valence electrons. The Morgan fingerprint density at radius 3 is 2.62 bits per heavy atom. The van der Waals surface area contributed by atoms with Gasteiger partial charge in [0.15, 0.2) is 0 Å². The summed E-state index contributed by atoms with van der Waals surface area (Å²) in [5.41, 5.74) is 0. The van der Waals surface area contributed by atoms with Gasteiger partial charge in [-0.25, -0.2) is 12.8 Å². The topological polar surface area (TPSA) is 49.4 Å². The maximum atomic E-state index is 13.1. The molecule has 0 atom stereocenters. The van der Waals surface area contributed by atoms with E-state index in [9.17, 15) is 12.8 Å². The summed E-state index contributed by atoms with van der Waals surface area (Å²) in [6.07, 6.45) is 1.97. The third-order valence-corrected chi connectivity index (χ3v) is 6.70. The van der Waals surface area contributed by atoms with E-state index >= 15 is 0 Å². The first-order valence-corrected chi connectivity index (χ1v) is 9.34. The van der Waals surface area contributed by atoms with E-state index in [0.29, 0.717) is 19.0 Å². The third-order valence-electron chi connectivity index (χ3n) is 3.79. The van der Waals surface area contributed by atoms with Crippen LogP contribution in [0.3, 0.4) is 0 Å². The molecule has 0 bridgehead atoms. The number of halogens is 2. The second-order valence-electron chi connectivity index (χ2n) is 5.22. The Hall–Kier alpha value is -0.500. The summed E-state index contributed by atoms with van der Waals surface area (Å²) in [5.74, 6) is -0.0811. The molecule has 1 aliphatic rings. The van der Waals surface area contributed by atoms with Gasteiger partial charge in [-0.3, -0.25) is 0 Å². The normalized spacial score (nSPS) is 17.3. The van der Waals surface area contributed by atoms with E-state index in [1.807, 2.05) is 6.92 Å². The van der Waals surface area contributed by atoms with Gasteiger partial charge in [0.1, 0.15) is 5.82 Å². The lowest BCUT2D eigenvalue weighted by atomic mass is 9.98. The van der Waals surface area contributed by atoms with Crippen LogP contribution in [0.5, 0.6) is 0 Å². The number of nitrogens with one attached hydrogen (secondary N) is 1. The van der Waals surface area contributed by atoms with E-state index in [2.05, 4.69) is 21.2 Å². The molecule has 1 heterocycles. The molecule has 0 saturated carbocycles. The Morgan fingerprint density at radius 1 is 1.38 bits per heavy atom. The van der Waals surface area contributed by atoms with Gasteiger partial charge >= 0.3 is 0 Å². The number of sulfonamides is 1. The van der Waals surface area contributed by atoms with Crippen LogP contribution >= 0.6 is 15.9 Å². The van der Waals surface area contributed by atoms with Gasteiger partial charge in [-0.1, -0.05) is 6.92 Å². The number of benzene rings is 1. The molecule has 1 aliphatic heterocycles. The number of piperidine rings is 1. The number of hydrogen-bond donors (Lipinski definition) is 1. The summed E-state index contributed by atoms with van der Waals surface area (Å²) in [6, 6.07) is 3.68. The number of rotatable bonds is 5. The lowest BCUT2D eigenvalue weighted by Crippen LogP contribution is -2.39. The molecule has 1 fully saturated rings. The molecule has 0 aliphatic carbocycles. The van der Waals surface area contributed by atoms with Crippen LogP contribution in [0.15, 0.2) is 27.6 Å². The van der Waals surface area contributed by atoms with E-state index in [0.717, 1.165) is 25.9 Å². The van der Waals surface area contributed by atoms with Crippen molar-refractivity contribution in [1.82, 2.24) is 9.62 Å². The summed E-state index contributed by atoms with van der Waals surface area (Å²) >= 11 is 3.15. The van der Waals surface area contributed by atoms with Crippen molar-refractivity contribution >= 4 is 26.0 Å². The van der Waals surface area contributed by atoms with Crippen LogP contribution in [-0.2, 0) is 10.0 Å². The molecule has 0 spiro atoms. The van der Waals surface area contributed by atoms with Crippen LogP contribution in [0, 0.1) is 11.7 Å². The molecule has 0 aromatic heterocycles. The standard InChI is InChI=1S/C14H20BrFN2O2S/c1-2-18(10-11-5-7-17-8-6-11)21(19,20)14-4-3-12(16)9-13(14)15/h3-4,9,11,17H,2,5-8,10H2,1H3. The minimum atomic E-state index is -3.60. The lowest BCUT2D eigenvalue weighted by Gasteiger charge is -2.29. The molecule has 0 amide bonds. The second-order valence-corrected chi connectivity index (χ2v) is 7.98. The van der Waals surface area contributed by atoms with Crippen LogP contribution in [-0.4, -0.2) is 38.9 Å². The largest absolute Gasteiger partial charge is 0.317 e. The zero-order valence-electron chi connectivity index (χ0n) is 12.0. The van der Waals surface area contributed by atoms with Crippen molar-refractivity contribution in [1.29, 1.82) is 0 Å². The fourth-order valence-corrected chi connectivity index (χ4v) is 5.11. The minimum Gasteiger partial charge on any atom is -0.317 e. The highest BCUT2D eigenvalue weighted by molar-refractivity contribution is 9.10. The molecule has 0 radical (unpaired) electrons. The maximum Gasteiger partial charge on any atom is 0.244 e. The number of hydrogen-bond acceptors (Lipinski definition) is 3. The average Bonchev–Trinajstić information content (AvgIpc) is 2.45. The first kappa shape index (κ1) is 16.9. The fraction of sp³-hybridized carbons (Fsp3) is 0.571. The molecule has 1 N–H and O–H groups in total. The van der Waals surface area contributed by atoms with E-state index < -0.39 is 15.8 Å². The van der Waals surface area contributed by atoms with Gasteiger partial charge in [0.25, 0.3) is 0 Å². The molecular formula is C14H20BrFN2O2S. The van der Waals surface area contributed by atoms with Gasteiger partial charge in [-0.2, -0.15) is 4.31 Å². The molecule has 21 heavy (non-hydrogen) atoms. The molecular weight excluding hydrogens is 359 g/mol. The molecule has 2 rings (SSSR count). The van der Waals surface area contributed by atoms with E-state index in [-0.39, 0.29) is 9.37 Å². The van der Waals surface area contributed by atoms with Gasteiger partial charge in [0, 0.05) is 17.6 Å². The highest BCUT2D eigenvalue weighted by Gasteiger charge is 2.28. The zero-order valence-corrected chi connectivity index (χ0v) is 14.4. The number of nitrogens with zero attached hydrogens (tertiary/aromatic N) is 1. The van der Waals surface area contributed by atoms with Crippen LogP contribution in [0.1, 0.15) is 19.8 Å². The van der Waals surface area contributed by atoms with Crippen LogP contribution < -0.4 is 5.32 Å². The molecule has 1 aromatic rings. The van der Waals surface area contributed by atoms with Crippen molar-refractivity contribution in [3.05, 3.63) is 28.5 Å². The monoisotopic (exact) mass is 378 g/mol. The SMILES string of the molecule is CCN(CC1CCNCC1)S(=O)(=O)c1ccc(F)cc1Br. The maximum absolute atomic E-state index is 13.1. The quantitative estimate of drug-likeness (QED) is 0.856. The van der Waals surface area contributed by atoms with E-state index in [1.165, 1.54) is 22.5 Å². The van der Waals surface area contributed by atoms with Crippen molar-refractivity contribution in [3.8, 4) is 0 Å². The zero-order chi connectivity index (χ0) is 15.5. The van der Waals surface area contributed by atoms with Gasteiger partial charge < -0.3 is 5.32 Å². The lowest BCUT2D eigenvalue weighted by molar-refractivity contribution is 0.294. The summed E-state index contributed by atoms with van der Waals surface area (Å²) in [7, 11) is -3.60. The van der Waals surface area contributed by atoms with Crippen molar-refractivity contribution in [3.63, 3.8) is 0 Å². The van der Waals surface area contributed by atoms with Crippen molar-refractivity contribution in [2.45, 2.75) is 24.7 Å². The van der Waals surface area contributed by atoms with Crippen LogP contribution in [0.4, 0.5) is 4.39 Å². The van der Waals surface area contributed by atoms with Gasteiger partial charge in [0.2, 0.25) is 10.0 Å². The predicted molar refractivity (Wildman–Crippen MR) is 84.1 cm³/mol. The predicted octanol–water partition coefficient (Wildman–Crippen LogP) is 2.60. The summed E-state index contributed by atoms with van der Waals surface area (Å²) in [6.45, 7) is 4.63. The second kappa shape index (κ2) is 7.17.